The van der Waals surface area contributed by atoms with Crippen LogP contribution in [0.2, 0.25) is 0 Å². The number of fused-ring (bicyclic) bond motifs is 1. The number of carbonyl (C=O) groups excluding carboxylic acids is 1. The van der Waals surface area contributed by atoms with E-state index in [0.717, 1.165) is 5.65 Å². The summed E-state index contributed by atoms with van der Waals surface area (Å²) < 4.78 is 1.81. The number of nitrogens with two attached hydrogens (primary N) is 1. The van der Waals surface area contributed by atoms with Gasteiger partial charge in [-0.2, -0.15) is 0 Å². The van der Waals surface area contributed by atoms with Crippen molar-refractivity contribution in [2.24, 2.45) is 5.84 Å². The standard InChI is InChI=1S/C8H9N5OS/c9-10-7(14)5-15-8-12-11-6-3-1-2-4-13(6)8/h1-4H,5,9H2,(H,10,14). The number of thioether (sulfide) groups is 1. The van der Waals surface area contributed by atoms with Crippen molar-refractivity contribution in [2.45, 2.75) is 5.16 Å². The van der Waals surface area contributed by atoms with Gasteiger partial charge >= 0.3 is 0 Å². The van der Waals surface area contributed by atoms with E-state index in [1.54, 1.807) is 0 Å². The molecular formula is C8H9N5OS. The minimum atomic E-state index is -0.243. The van der Waals surface area contributed by atoms with Gasteiger partial charge in [0, 0.05) is 6.20 Å². The number of pyridine rings is 1. The predicted molar refractivity (Wildman–Crippen MR) is 56.0 cm³/mol. The molecule has 78 valence electrons. The molecule has 0 saturated carbocycles. The third-order valence-electron chi connectivity index (χ3n) is 1.78. The summed E-state index contributed by atoms with van der Waals surface area (Å²) in [6, 6.07) is 5.61. The van der Waals surface area contributed by atoms with Crippen LogP contribution in [0.1, 0.15) is 0 Å². The van der Waals surface area contributed by atoms with E-state index >= 15 is 0 Å². The van der Waals surface area contributed by atoms with Gasteiger partial charge in [0.15, 0.2) is 10.8 Å². The molecule has 0 radical (unpaired) electrons. The van der Waals surface area contributed by atoms with E-state index in [-0.39, 0.29) is 11.7 Å². The average Bonchev–Trinajstić information content (AvgIpc) is 2.69. The van der Waals surface area contributed by atoms with Gasteiger partial charge in [-0.25, -0.2) is 5.84 Å². The van der Waals surface area contributed by atoms with Crippen LogP contribution in [0.3, 0.4) is 0 Å². The molecule has 0 fully saturated rings. The number of nitrogens with zero attached hydrogens (tertiary/aromatic N) is 3. The van der Waals surface area contributed by atoms with E-state index in [9.17, 15) is 4.79 Å². The van der Waals surface area contributed by atoms with Crippen molar-refractivity contribution in [3.63, 3.8) is 0 Å². The maximum Gasteiger partial charge on any atom is 0.244 e. The Morgan fingerprint density at radius 1 is 1.53 bits per heavy atom. The van der Waals surface area contributed by atoms with Gasteiger partial charge in [-0.05, 0) is 12.1 Å². The van der Waals surface area contributed by atoms with Crippen molar-refractivity contribution in [3.8, 4) is 0 Å². The van der Waals surface area contributed by atoms with Crippen LogP contribution in [0.4, 0.5) is 0 Å². The Morgan fingerprint density at radius 3 is 3.20 bits per heavy atom. The Bertz CT molecular complexity index is 483. The lowest BCUT2D eigenvalue weighted by Crippen LogP contribution is -2.31. The second-order valence-electron chi connectivity index (χ2n) is 2.77. The van der Waals surface area contributed by atoms with Crippen LogP contribution < -0.4 is 11.3 Å². The molecule has 2 aromatic rings. The fourth-order valence-electron chi connectivity index (χ4n) is 1.09. The predicted octanol–water partition coefficient (Wildman–Crippen LogP) is -0.189. The van der Waals surface area contributed by atoms with E-state index in [2.05, 4.69) is 15.6 Å². The smallest absolute Gasteiger partial charge is 0.244 e. The van der Waals surface area contributed by atoms with Crippen molar-refractivity contribution in [2.75, 3.05) is 5.75 Å². The number of hydrogen-bond donors (Lipinski definition) is 2. The molecule has 15 heavy (non-hydrogen) atoms. The van der Waals surface area contributed by atoms with Crippen molar-refractivity contribution in [3.05, 3.63) is 24.4 Å². The van der Waals surface area contributed by atoms with E-state index in [0.29, 0.717) is 5.16 Å². The van der Waals surface area contributed by atoms with E-state index in [4.69, 9.17) is 5.84 Å². The first-order chi connectivity index (χ1) is 7.31. The van der Waals surface area contributed by atoms with Crippen LogP contribution in [0.25, 0.3) is 5.65 Å². The molecule has 2 aromatic heterocycles. The van der Waals surface area contributed by atoms with E-state index in [1.807, 2.05) is 28.8 Å². The number of rotatable bonds is 3. The van der Waals surface area contributed by atoms with E-state index < -0.39 is 0 Å². The monoisotopic (exact) mass is 223 g/mol. The number of hydrogen-bond acceptors (Lipinski definition) is 5. The van der Waals surface area contributed by atoms with Crippen LogP contribution in [-0.2, 0) is 4.79 Å². The molecule has 0 unspecified atom stereocenters. The zero-order valence-corrected chi connectivity index (χ0v) is 8.57. The van der Waals surface area contributed by atoms with Gasteiger partial charge in [0.25, 0.3) is 0 Å². The highest BCUT2D eigenvalue weighted by molar-refractivity contribution is 7.99. The lowest BCUT2D eigenvalue weighted by atomic mass is 10.5. The van der Waals surface area contributed by atoms with Crippen LogP contribution in [0, 0.1) is 0 Å². The van der Waals surface area contributed by atoms with Gasteiger partial charge in [-0.1, -0.05) is 17.8 Å². The zero-order valence-electron chi connectivity index (χ0n) is 7.75. The number of hydrazine groups is 1. The molecule has 6 nitrogen and oxygen atoms in total. The first-order valence-electron chi connectivity index (χ1n) is 4.23. The summed E-state index contributed by atoms with van der Waals surface area (Å²) in [6.45, 7) is 0. The second kappa shape index (κ2) is 4.28. The fourth-order valence-corrected chi connectivity index (χ4v) is 1.83. The Balaban J connectivity index is 2.18. The molecule has 0 aliphatic rings. The molecule has 7 heteroatoms. The Morgan fingerprint density at radius 2 is 2.40 bits per heavy atom. The molecule has 0 aromatic carbocycles. The number of carbonyl (C=O) groups is 1. The normalized spacial score (nSPS) is 10.5. The first kappa shape index (κ1) is 9.94. The highest BCUT2D eigenvalue weighted by Crippen LogP contribution is 2.15. The average molecular weight is 223 g/mol. The third-order valence-corrected chi connectivity index (χ3v) is 2.72. The number of aromatic nitrogens is 3. The topological polar surface area (TPSA) is 85.3 Å². The van der Waals surface area contributed by atoms with Crippen molar-refractivity contribution >= 4 is 23.3 Å². The second-order valence-corrected chi connectivity index (χ2v) is 3.71. The van der Waals surface area contributed by atoms with Crippen LogP contribution in [0.5, 0.6) is 0 Å². The summed E-state index contributed by atoms with van der Waals surface area (Å²) in [5.74, 6) is 4.95. The van der Waals surface area contributed by atoms with Crippen molar-refractivity contribution in [1.29, 1.82) is 0 Å². The molecule has 2 heterocycles. The maximum absolute atomic E-state index is 10.9. The fraction of sp³-hybridized carbons (Fsp3) is 0.125. The molecule has 0 atom stereocenters. The minimum absolute atomic E-state index is 0.228. The van der Waals surface area contributed by atoms with Gasteiger partial charge in [0.2, 0.25) is 5.91 Å². The molecule has 0 saturated heterocycles. The minimum Gasteiger partial charge on any atom is -0.294 e. The Hall–Kier alpha value is -1.60. The summed E-state index contributed by atoms with van der Waals surface area (Å²) in [5, 5.41) is 8.58. The Kier molecular flexibility index (Phi) is 2.84. The molecule has 1 amide bonds. The molecule has 2 rings (SSSR count). The summed E-state index contributed by atoms with van der Waals surface area (Å²) in [4.78, 5) is 10.9. The van der Waals surface area contributed by atoms with E-state index in [1.165, 1.54) is 11.8 Å². The highest BCUT2D eigenvalue weighted by atomic mass is 32.2. The van der Waals surface area contributed by atoms with Gasteiger partial charge in [-0.3, -0.25) is 14.6 Å². The van der Waals surface area contributed by atoms with Gasteiger partial charge < -0.3 is 0 Å². The Labute approximate surface area is 89.8 Å². The summed E-state index contributed by atoms with van der Waals surface area (Å²) >= 11 is 1.29. The molecule has 3 N–H and O–H groups in total. The van der Waals surface area contributed by atoms with Gasteiger partial charge in [-0.15, -0.1) is 10.2 Å². The van der Waals surface area contributed by atoms with Crippen LogP contribution in [0.15, 0.2) is 29.6 Å². The molecular weight excluding hydrogens is 214 g/mol. The molecule has 0 aliphatic carbocycles. The summed E-state index contributed by atoms with van der Waals surface area (Å²) in [7, 11) is 0. The maximum atomic E-state index is 10.9. The SMILES string of the molecule is NNC(=O)CSc1nnc2ccccn12. The third kappa shape index (κ3) is 2.08. The van der Waals surface area contributed by atoms with Crippen molar-refractivity contribution in [1.82, 2.24) is 20.0 Å². The van der Waals surface area contributed by atoms with Gasteiger partial charge in [0.05, 0.1) is 5.75 Å². The van der Waals surface area contributed by atoms with Crippen LogP contribution in [-0.4, -0.2) is 26.3 Å². The lowest BCUT2D eigenvalue weighted by molar-refractivity contribution is -0.118. The van der Waals surface area contributed by atoms with Crippen LogP contribution >= 0.6 is 11.8 Å². The molecule has 0 spiro atoms. The molecule has 0 bridgehead atoms. The quantitative estimate of drug-likeness (QED) is 0.326. The number of nitrogens with one attached hydrogen (secondary N) is 1. The first-order valence-corrected chi connectivity index (χ1v) is 5.22. The van der Waals surface area contributed by atoms with Crippen molar-refractivity contribution < 1.29 is 4.79 Å². The highest BCUT2D eigenvalue weighted by Gasteiger charge is 2.07. The zero-order chi connectivity index (χ0) is 10.7. The summed E-state index contributed by atoms with van der Waals surface area (Å²) in [5.41, 5.74) is 2.82. The lowest BCUT2D eigenvalue weighted by Gasteiger charge is -1.98. The number of amides is 1. The van der Waals surface area contributed by atoms with Gasteiger partial charge in [0.1, 0.15) is 0 Å². The largest absolute Gasteiger partial charge is 0.294 e. The summed E-state index contributed by atoms with van der Waals surface area (Å²) in [6.07, 6.45) is 1.85. The molecule has 0 aliphatic heterocycles.